The summed E-state index contributed by atoms with van der Waals surface area (Å²) in [5.74, 6) is 4.68. The molecular formula is C60H67FN2O2. The number of benzene rings is 2. The number of hydrogen-bond donors (Lipinski definition) is 1. The summed E-state index contributed by atoms with van der Waals surface area (Å²) in [6, 6.07) is 27.9. The molecule has 2 heterocycles. The fourth-order valence-electron chi connectivity index (χ4n) is 16.5. The smallest absolute Gasteiger partial charge is 0.155 e. The first kappa shape index (κ1) is 42.9. The van der Waals surface area contributed by atoms with Gasteiger partial charge in [0, 0.05) is 36.8 Å². The highest BCUT2D eigenvalue weighted by atomic mass is 19.1. The van der Waals surface area contributed by atoms with Gasteiger partial charge < -0.3 is 5.11 Å². The van der Waals surface area contributed by atoms with Crippen molar-refractivity contribution in [3.8, 4) is 0 Å². The highest BCUT2D eigenvalue weighted by Crippen LogP contribution is 2.70. The number of pyridine rings is 2. The third-order valence-corrected chi connectivity index (χ3v) is 19.7. The molecule has 1 N–H and O–H groups in total. The average Bonchev–Trinajstić information content (AvgIpc) is 3.87. The quantitative estimate of drug-likeness (QED) is 0.208. The van der Waals surface area contributed by atoms with Gasteiger partial charge in [-0.1, -0.05) is 124 Å². The minimum atomic E-state index is -0.278. The van der Waals surface area contributed by atoms with Crippen LogP contribution in [0.15, 0.2) is 139 Å². The van der Waals surface area contributed by atoms with Crippen LogP contribution in [0.4, 0.5) is 4.39 Å². The van der Waals surface area contributed by atoms with Crippen molar-refractivity contribution in [2.45, 2.75) is 123 Å². The van der Waals surface area contributed by atoms with Crippen LogP contribution in [0.3, 0.4) is 0 Å². The zero-order valence-corrected chi connectivity index (χ0v) is 38.9. The zero-order chi connectivity index (χ0) is 44.7. The Morgan fingerprint density at radius 1 is 0.600 bits per heavy atom. The lowest BCUT2D eigenvalue weighted by molar-refractivity contribution is -0.117. The van der Waals surface area contributed by atoms with Gasteiger partial charge in [0.15, 0.2) is 5.78 Å². The molecule has 4 nitrogen and oxygen atoms in total. The summed E-state index contributed by atoms with van der Waals surface area (Å²) in [5, 5.41) is 10.6. The first-order chi connectivity index (χ1) is 31.4. The predicted molar refractivity (Wildman–Crippen MR) is 259 cm³/mol. The first-order valence-electron chi connectivity index (χ1n) is 25.1. The molecule has 4 aromatic rings. The summed E-state index contributed by atoms with van der Waals surface area (Å²) >= 11 is 0. The molecule has 65 heavy (non-hydrogen) atoms. The number of ketones is 1. The highest BCUT2D eigenvalue weighted by molar-refractivity contribution is 5.92. The van der Waals surface area contributed by atoms with Gasteiger partial charge in [-0.15, -0.1) is 0 Å². The number of aliphatic hydroxyl groups is 1. The zero-order valence-electron chi connectivity index (χ0n) is 38.9. The van der Waals surface area contributed by atoms with E-state index in [4.69, 9.17) is 0 Å². The van der Waals surface area contributed by atoms with E-state index in [0.717, 1.165) is 55.9 Å². The number of allylic oxidation sites excluding steroid dienone is 7. The summed E-state index contributed by atoms with van der Waals surface area (Å²) in [6.07, 6.45) is 29.1. The van der Waals surface area contributed by atoms with E-state index in [9.17, 15) is 14.3 Å². The van der Waals surface area contributed by atoms with Crippen LogP contribution in [0.1, 0.15) is 139 Å². The molecule has 8 aliphatic rings. The van der Waals surface area contributed by atoms with E-state index in [2.05, 4.69) is 135 Å². The van der Waals surface area contributed by atoms with Gasteiger partial charge in [-0.05, 0) is 179 Å². The molecule has 13 atom stereocenters. The van der Waals surface area contributed by atoms with Gasteiger partial charge in [0.05, 0.1) is 12.3 Å². The van der Waals surface area contributed by atoms with E-state index in [1.165, 1.54) is 77.3 Å². The maximum Gasteiger partial charge on any atom is 0.155 e. The van der Waals surface area contributed by atoms with Crippen molar-refractivity contribution in [3.63, 3.8) is 0 Å². The lowest BCUT2D eigenvalue weighted by atomic mass is 9.44. The fraction of sp³-hybridized carbons (Fsp3) is 0.483. The summed E-state index contributed by atoms with van der Waals surface area (Å²) in [5.41, 5.74) is 11.4. The van der Waals surface area contributed by atoms with Crippen LogP contribution in [0.25, 0.3) is 11.1 Å². The van der Waals surface area contributed by atoms with E-state index in [-0.39, 0.29) is 33.6 Å². The van der Waals surface area contributed by atoms with Crippen molar-refractivity contribution in [2.75, 3.05) is 0 Å². The summed E-state index contributed by atoms with van der Waals surface area (Å²) in [4.78, 5) is 21.1. The van der Waals surface area contributed by atoms with Crippen LogP contribution < -0.4 is 0 Å². The Morgan fingerprint density at radius 2 is 1.15 bits per heavy atom. The second-order valence-corrected chi connectivity index (χ2v) is 22.5. The van der Waals surface area contributed by atoms with Gasteiger partial charge >= 0.3 is 0 Å². The van der Waals surface area contributed by atoms with E-state index < -0.39 is 0 Å². The van der Waals surface area contributed by atoms with E-state index in [1.807, 2.05) is 18.5 Å². The largest absolute Gasteiger partial charge is 0.389 e. The SMILES string of the molecule is C[C@]12CCC(=O)C=C1C(c1ccccc1)C[C@@H]1[C@@H]2CC[C@]2(C)C(c3cncc(F)c3)=CC[C@@H]12.C[C@]12CCC(O)C=C1C(c1ccccc1)C[C@@H]1[C@@H]2CC[C@]2(C)C(c3cccnc3)=CC[C@@H]12. The van der Waals surface area contributed by atoms with Gasteiger partial charge in [-0.25, -0.2) is 4.39 Å². The molecule has 2 aromatic carbocycles. The van der Waals surface area contributed by atoms with Crippen LogP contribution in [-0.4, -0.2) is 27.0 Å². The second kappa shape index (κ2) is 16.2. The van der Waals surface area contributed by atoms with Crippen LogP contribution >= 0.6 is 0 Å². The van der Waals surface area contributed by atoms with Gasteiger partial charge in [-0.2, -0.15) is 0 Å². The monoisotopic (exact) mass is 867 g/mol. The lowest BCUT2D eigenvalue weighted by Crippen LogP contribution is -2.51. The van der Waals surface area contributed by atoms with Crippen molar-refractivity contribution in [2.24, 2.45) is 57.2 Å². The van der Waals surface area contributed by atoms with Crippen LogP contribution in [0, 0.1) is 63.0 Å². The van der Waals surface area contributed by atoms with Crippen LogP contribution in [-0.2, 0) is 4.79 Å². The molecule has 0 saturated heterocycles. The van der Waals surface area contributed by atoms with Gasteiger partial charge in [-0.3, -0.25) is 14.8 Å². The highest BCUT2D eigenvalue weighted by Gasteiger charge is 2.61. The van der Waals surface area contributed by atoms with Crippen molar-refractivity contribution in [1.29, 1.82) is 0 Å². The molecule has 3 unspecified atom stereocenters. The third-order valence-electron chi connectivity index (χ3n) is 19.7. The molecule has 0 amide bonds. The Balaban J connectivity index is 0.000000144. The molecule has 0 aliphatic heterocycles. The van der Waals surface area contributed by atoms with E-state index in [0.29, 0.717) is 47.7 Å². The molecule has 0 radical (unpaired) electrons. The minimum absolute atomic E-state index is 0.0555. The molecule has 0 spiro atoms. The summed E-state index contributed by atoms with van der Waals surface area (Å²) in [7, 11) is 0. The molecule has 4 fully saturated rings. The topological polar surface area (TPSA) is 63.1 Å². The van der Waals surface area contributed by atoms with E-state index >= 15 is 0 Å². The Labute approximate surface area is 386 Å². The number of carbonyl (C=O) groups is 1. The number of nitrogens with zero attached hydrogens (tertiary/aromatic N) is 2. The number of hydrogen-bond acceptors (Lipinski definition) is 4. The first-order valence-corrected chi connectivity index (χ1v) is 25.1. The predicted octanol–water partition coefficient (Wildman–Crippen LogP) is 13.9. The third kappa shape index (κ3) is 6.95. The number of halogens is 1. The van der Waals surface area contributed by atoms with Crippen molar-refractivity contribution >= 4 is 16.9 Å². The van der Waals surface area contributed by atoms with Crippen LogP contribution in [0.2, 0.25) is 0 Å². The van der Waals surface area contributed by atoms with Gasteiger partial charge in [0.25, 0.3) is 0 Å². The lowest BCUT2D eigenvalue weighted by Gasteiger charge is -2.60. The molecule has 2 aromatic heterocycles. The molecular weight excluding hydrogens is 800 g/mol. The number of aromatic nitrogens is 2. The van der Waals surface area contributed by atoms with Crippen molar-refractivity contribution < 1.29 is 14.3 Å². The average molecular weight is 867 g/mol. The Morgan fingerprint density at radius 3 is 1.74 bits per heavy atom. The normalized spacial score (nSPS) is 39.0. The van der Waals surface area contributed by atoms with Gasteiger partial charge in [0.1, 0.15) is 5.82 Å². The standard InChI is InChI=1S/C30H32FNO.C30H35NO/c1-29-13-11-27-24(26(29)9-8-25(29)20-14-21(31)18-32-17-20)16-23(19-6-4-3-5-7-19)28-15-22(33)10-12-30(27,28)2;1-29-15-13-27-24(26(29)11-10-25(29)21-9-6-16-31-19-21)18-23(20-7-4-3-5-8-20)28-17-22(32)12-14-30(27,28)2/h3-8,14-15,17-18,23-24,26-27H,9-13,16H2,1-2H3;3-10,16-17,19,22-24,26-27,32H,11-15,18H2,1-2H3/t23?,24-,26-,27-,29+,30+;22?,23?,24-,26-,27-,29+,30+/m00/s1. The number of rotatable bonds is 4. The molecule has 5 heteroatoms. The van der Waals surface area contributed by atoms with Crippen LogP contribution in [0.5, 0.6) is 0 Å². The molecule has 0 bridgehead atoms. The Bertz CT molecular complexity index is 2580. The Hall–Kier alpha value is -4.74. The molecule has 8 aliphatic carbocycles. The minimum Gasteiger partial charge on any atom is -0.389 e. The molecule has 336 valence electrons. The second-order valence-electron chi connectivity index (χ2n) is 22.5. The maximum absolute atomic E-state index is 14.0. The fourth-order valence-corrected chi connectivity index (χ4v) is 16.5. The summed E-state index contributed by atoms with van der Waals surface area (Å²) in [6.45, 7) is 9.92. The summed E-state index contributed by atoms with van der Waals surface area (Å²) < 4.78 is 14.0. The van der Waals surface area contributed by atoms with Crippen molar-refractivity contribution in [1.82, 2.24) is 9.97 Å². The molecule has 4 saturated carbocycles. The Kier molecular flexibility index (Phi) is 10.7. The number of aliphatic hydroxyl groups excluding tert-OH is 1. The van der Waals surface area contributed by atoms with Gasteiger partial charge in [0.2, 0.25) is 0 Å². The van der Waals surface area contributed by atoms with E-state index in [1.54, 1.807) is 6.07 Å². The number of fused-ring (bicyclic) bond motifs is 10. The van der Waals surface area contributed by atoms with Crippen molar-refractivity contribution in [3.05, 3.63) is 167 Å². The maximum atomic E-state index is 14.0. The number of carbonyl (C=O) groups excluding carboxylic acids is 1. The molecule has 12 rings (SSSR count).